The van der Waals surface area contributed by atoms with E-state index in [1.54, 1.807) is 46.9 Å². The molecular formula is C19H25F3N2O2. The van der Waals surface area contributed by atoms with Crippen LogP contribution in [0.25, 0.3) is 5.57 Å². The summed E-state index contributed by atoms with van der Waals surface area (Å²) in [6.07, 6.45) is -2.87. The summed E-state index contributed by atoms with van der Waals surface area (Å²) in [5.74, 6) is 0. The van der Waals surface area contributed by atoms with E-state index in [-0.39, 0.29) is 12.1 Å². The van der Waals surface area contributed by atoms with Crippen LogP contribution >= 0.6 is 0 Å². The zero-order valence-corrected chi connectivity index (χ0v) is 15.8. The van der Waals surface area contributed by atoms with Gasteiger partial charge in [0.2, 0.25) is 0 Å². The molecule has 1 heterocycles. The predicted octanol–water partition coefficient (Wildman–Crippen LogP) is 5.08. The van der Waals surface area contributed by atoms with Crippen molar-refractivity contribution >= 4 is 17.4 Å². The molecule has 4 nitrogen and oxygen atoms in total. The van der Waals surface area contributed by atoms with Crippen LogP contribution < -0.4 is 5.32 Å². The van der Waals surface area contributed by atoms with Crippen molar-refractivity contribution in [3.05, 3.63) is 34.9 Å². The van der Waals surface area contributed by atoms with Gasteiger partial charge in [-0.25, -0.2) is 4.79 Å². The van der Waals surface area contributed by atoms with Crippen LogP contribution in [0.15, 0.2) is 18.2 Å². The minimum atomic E-state index is -4.45. The van der Waals surface area contributed by atoms with Crippen molar-refractivity contribution in [2.24, 2.45) is 0 Å². The third-order valence-corrected chi connectivity index (χ3v) is 4.11. The fourth-order valence-corrected chi connectivity index (χ4v) is 2.97. The zero-order chi connectivity index (χ0) is 19.7. The molecule has 26 heavy (non-hydrogen) atoms. The second-order valence-corrected chi connectivity index (χ2v) is 7.37. The molecule has 0 bridgehead atoms. The van der Waals surface area contributed by atoms with Gasteiger partial charge in [0.1, 0.15) is 5.60 Å². The van der Waals surface area contributed by atoms with Gasteiger partial charge in [0.25, 0.3) is 0 Å². The first-order chi connectivity index (χ1) is 11.9. The average molecular weight is 370 g/mol. The Morgan fingerprint density at radius 1 is 1.23 bits per heavy atom. The van der Waals surface area contributed by atoms with Crippen molar-refractivity contribution in [1.82, 2.24) is 4.90 Å². The lowest BCUT2D eigenvalue weighted by Crippen LogP contribution is -2.39. The van der Waals surface area contributed by atoms with Gasteiger partial charge in [0, 0.05) is 25.8 Å². The molecule has 1 aliphatic rings. The number of carbonyl (C=O) groups is 1. The van der Waals surface area contributed by atoms with Gasteiger partial charge in [0.15, 0.2) is 0 Å². The standard InChI is InChI=1S/C19H25F3N2O2/c1-12-10-14(23-5)11-15(19(20,21)22)16(12)13-6-8-24(9-7-13)17(25)26-18(2,3)4/h6,10-11,23H,7-9H2,1-5H3. The fourth-order valence-electron chi connectivity index (χ4n) is 2.97. The van der Waals surface area contributed by atoms with Gasteiger partial charge in [-0.3, -0.25) is 0 Å². The summed E-state index contributed by atoms with van der Waals surface area (Å²) < 4.78 is 46.0. The minimum Gasteiger partial charge on any atom is -0.444 e. The molecule has 0 unspecified atom stereocenters. The lowest BCUT2D eigenvalue weighted by Gasteiger charge is -2.30. The highest BCUT2D eigenvalue weighted by molar-refractivity contribution is 5.77. The van der Waals surface area contributed by atoms with Crippen molar-refractivity contribution < 1.29 is 22.7 Å². The highest BCUT2D eigenvalue weighted by Crippen LogP contribution is 2.40. The summed E-state index contributed by atoms with van der Waals surface area (Å²) in [6, 6.07) is 2.83. The third kappa shape index (κ3) is 4.71. The Balaban J connectivity index is 2.32. The van der Waals surface area contributed by atoms with E-state index >= 15 is 0 Å². The van der Waals surface area contributed by atoms with Crippen molar-refractivity contribution in [3.63, 3.8) is 0 Å². The summed E-state index contributed by atoms with van der Waals surface area (Å²) in [5.41, 5.74) is 0.535. The van der Waals surface area contributed by atoms with Crippen LogP contribution in [-0.4, -0.2) is 36.7 Å². The number of benzene rings is 1. The predicted molar refractivity (Wildman–Crippen MR) is 96.1 cm³/mol. The molecule has 0 saturated carbocycles. The molecule has 1 aromatic rings. The molecular weight excluding hydrogens is 345 g/mol. The van der Waals surface area contributed by atoms with E-state index in [9.17, 15) is 18.0 Å². The van der Waals surface area contributed by atoms with Gasteiger partial charge < -0.3 is 15.0 Å². The van der Waals surface area contributed by atoms with Gasteiger partial charge in [-0.1, -0.05) is 6.08 Å². The Morgan fingerprint density at radius 3 is 2.35 bits per heavy atom. The summed E-state index contributed by atoms with van der Waals surface area (Å²) >= 11 is 0. The summed E-state index contributed by atoms with van der Waals surface area (Å²) in [7, 11) is 1.59. The molecule has 0 spiro atoms. The molecule has 0 aromatic heterocycles. The van der Waals surface area contributed by atoms with Gasteiger partial charge in [-0.05, 0) is 62.9 Å². The van der Waals surface area contributed by atoms with E-state index in [0.29, 0.717) is 29.8 Å². The number of hydrogen-bond donors (Lipinski definition) is 1. The summed E-state index contributed by atoms with van der Waals surface area (Å²) in [6.45, 7) is 7.56. The first-order valence-electron chi connectivity index (χ1n) is 8.49. The maximum atomic E-state index is 13.6. The number of carbonyl (C=O) groups excluding carboxylic acids is 1. The van der Waals surface area contributed by atoms with Crippen molar-refractivity contribution in [3.8, 4) is 0 Å². The molecule has 144 valence electrons. The topological polar surface area (TPSA) is 41.6 Å². The monoisotopic (exact) mass is 370 g/mol. The molecule has 1 N–H and O–H groups in total. The molecule has 0 radical (unpaired) electrons. The molecule has 7 heteroatoms. The second kappa shape index (κ2) is 7.21. The minimum absolute atomic E-state index is 0.209. The average Bonchev–Trinajstić information content (AvgIpc) is 2.51. The molecule has 1 aliphatic heterocycles. The molecule has 1 amide bonds. The van der Waals surface area contributed by atoms with Crippen molar-refractivity contribution in [2.45, 2.75) is 45.9 Å². The highest BCUT2D eigenvalue weighted by atomic mass is 19.4. The van der Waals surface area contributed by atoms with E-state index in [1.165, 1.54) is 4.90 Å². The lowest BCUT2D eigenvalue weighted by atomic mass is 9.90. The van der Waals surface area contributed by atoms with E-state index in [1.807, 2.05) is 0 Å². The first kappa shape index (κ1) is 20.1. The van der Waals surface area contributed by atoms with Crippen LogP contribution in [0.4, 0.5) is 23.7 Å². The Morgan fingerprint density at radius 2 is 1.88 bits per heavy atom. The fraction of sp³-hybridized carbons (Fsp3) is 0.526. The number of aryl methyl sites for hydroxylation is 1. The van der Waals surface area contributed by atoms with Crippen LogP contribution in [0, 0.1) is 6.92 Å². The second-order valence-electron chi connectivity index (χ2n) is 7.37. The number of halogens is 3. The number of hydrogen-bond acceptors (Lipinski definition) is 3. The lowest BCUT2D eigenvalue weighted by molar-refractivity contribution is -0.137. The van der Waals surface area contributed by atoms with Gasteiger partial charge in [-0.2, -0.15) is 13.2 Å². The van der Waals surface area contributed by atoms with Crippen LogP contribution in [0.5, 0.6) is 0 Å². The molecule has 0 aliphatic carbocycles. The number of alkyl halides is 3. The number of ether oxygens (including phenoxy) is 1. The Labute approximate surface area is 152 Å². The Hall–Kier alpha value is -2.18. The van der Waals surface area contributed by atoms with Crippen LogP contribution in [0.3, 0.4) is 0 Å². The summed E-state index contributed by atoms with van der Waals surface area (Å²) in [5, 5.41) is 2.77. The van der Waals surface area contributed by atoms with E-state index < -0.39 is 23.4 Å². The van der Waals surface area contributed by atoms with Crippen molar-refractivity contribution in [1.29, 1.82) is 0 Å². The van der Waals surface area contributed by atoms with Gasteiger partial charge in [-0.15, -0.1) is 0 Å². The molecule has 1 aromatic carbocycles. The number of nitrogens with zero attached hydrogens (tertiary/aromatic N) is 1. The zero-order valence-electron chi connectivity index (χ0n) is 15.8. The number of anilines is 1. The Kier molecular flexibility index (Phi) is 5.58. The van der Waals surface area contributed by atoms with E-state index in [0.717, 1.165) is 6.07 Å². The smallest absolute Gasteiger partial charge is 0.417 e. The summed E-state index contributed by atoms with van der Waals surface area (Å²) in [4.78, 5) is 13.6. The van der Waals surface area contributed by atoms with Crippen LogP contribution in [0.1, 0.15) is 43.9 Å². The number of nitrogens with one attached hydrogen (secondary N) is 1. The normalized spacial score (nSPS) is 15.5. The van der Waals surface area contributed by atoms with Gasteiger partial charge >= 0.3 is 12.3 Å². The molecule has 0 fully saturated rings. The van der Waals surface area contributed by atoms with E-state index in [4.69, 9.17) is 4.74 Å². The highest BCUT2D eigenvalue weighted by Gasteiger charge is 2.36. The SMILES string of the molecule is CNc1cc(C)c(C2=CCN(C(=O)OC(C)(C)C)CC2)c(C(F)(F)F)c1. The maximum absolute atomic E-state index is 13.6. The quantitative estimate of drug-likeness (QED) is 0.789. The first-order valence-corrected chi connectivity index (χ1v) is 8.49. The van der Waals surface area contributed by atoms with Crippen LogP contribution in [0.2, 0.25) is 0 Å². The largest absolute Gasteiger partial charge is 0.444 e. The molecule has 0 saturated heterocycles. The van der Waals surface area contributed by atoms with Gasteiger partial charge in [0.05, 0.1) is 5.56 Å². The maximum Gasteiger partial charge on any atom is 0.417 e. The van der Waals surface area contributed by atoms with Crippen LogP contribution in [-0.2, 0) is 10.9 Å². The molecule has 2 rings (SSSR count). The number of rotatable bonds is 2. The number of amides is 1. The Bertz CT molecular complexity index is 719. The van der Waals surface area contributed by atoms with E-state index in [2.05, 4.69) is 5.32 Å². The van der Waals surface area contributed by atoms with Crippen molar-refractivity contribution in [2.75, 3.05) is 25.5 Å². The molecule has 0 atom stereocenters. The third-order valence-electron chi connectivity index (χ3n) is 4.11.